The van der Waals surface area contributed by atoms with Crippen molar-refractivity contribution in [3.05, 3.63) is 33.8 Å². The summed E-state index contributed by atoms with van der Waals surface area (Å²) >= 11 is 12.0. The van der Waals surface area contributed by atoms with Crippen molar-refractivity contribution < 1.29 is 5.11 Å². The van der Waals surface area contributed by atoms with Gasteiger partial charge in [0, 0.05) is 16.7 Å². The van der Waals surface area contributed by atoms with E-state index in [2.05, 4.69) is 0 Å². The molecule has 0 bridgehead atoms. The van der Waals surface area contributed by atoms with Crippen LogP contribution in [0.25, 0.3) is 0 Å². The van der Waals surface area contributed by atoms with Crippen molar-refractivity contribution in [3.8, 4) is 0 Å². The Morgan fingerprint density at radius 3 is 2.38 bits per heavy atom. The highest BCUT2D eigenvalue weighted by Crippen LogP contribution is 2.51. The van der Waals surface area contributed by atoms with E-state index >= 15 is 0 Å². The molecule has 70 valence electrons. The molecule has 1 aromatic carbocycles. The first-order valence-corrected chi connectivity index (χ1v) is 5.04. The van der Waals surface area contributed by atoms with Crippen LogP contribution in [0.2, 0.25) is 10.0 Å². The van der Waals surface area contributed by atoms with Crippen LogP contribution >= 0.6 is 23.2 Å². The molecular weight excluding hydrogens is 207 g/mol. The second-order valence-electron chi connectivity index (χ2n) is 3.42. The van der Waals surface area contributed by atoms with E-state index in [1.165, 1.54) is 0 Å². The molecule has 1 aromatic rings. The Labute approximate surface area is 87.3 Å². The number of hydrogen-bond acceptors (Lipinski definition) is 1. The van der Waals surface area contributed by atoms with Gasteiger partial charge in [0.25, 0.3) is 0 Å². The maximum absolute atomic E-state index is 8.93. The molecule has 0 heterocycles. The molecule has 0 saturated heterocycles. The van der Waals surface area contributed by atoms with E-state index in [1.807, 2.05) is 18.2 Å². The second kappa shape index (κ2) is 3.49. The predicted octanol–water partition coefficient (Wildman–Crippen LogP) is 3.09. The van der Waals surface area contributed by atoms with Gasteiger partial charge in [0.05, 0.1) is 0 Å². The number of rotatable bonds is 2. The first-order chi connectivity index (χ1) is 6.24. The van der Waals surface area contributed by atoms with Crippen LogP contribution in [-0.4, -0.2) is 11.7 Å². The minimum Gasteiger partial charge on any atom is -0.396 e. The van der Waals surface area contributed by atoms with Gasteiger partial charge in [-0.2, -0.15) is 0 Å². The van der Waals surface area contributed by atoms with Crippen molar-refractivity contribution in [1.29, 1.82) is 0 Å². The second-order valence-corrected chi connectivity index (χ2v) is 4.23. The minimum atomic E-state index is 0.228. The lowest BCUT2D eigenvalue weighted by Crippen LogP contribution is -1.90. The Bertz CT molecular complexity index is 304. The monoisotopic (exact) mass is 216 g/mol. The van der Waals surface area contributed by atoms with E-state index in [9.17, 15) is 0 Å². The molecule has 1 aliphatic carbocycles. The molecule has 3 heteroatoms. The molecule has 2 atom stereocenters. The van der Waals surface area contributed by atoms with Gasteiger partial charge in [-0.05, 0) is 36.0 Å². The molecule has 0 spiro atoms. The van der Waals surface area contributed by atoms with Gasteiger partial charge in [-0.15, -0.1) is 0 Å². The van der Waals surface area contributed by atoms with E-state index in [0.717, 1.165) is 12.0 Å². The van der Waals surface area contributed by atoms with Gasteiger partial charge in [0.2, 0.25) is 0 Å². The molecule has 1 fully saturated rings. The minimum absolute atomic E-state index is 0.228. The number of benzene rings is 1. The molecule has 0 amide bonds. The number of aliphatic hydroxyl groups is 1. The summed E-state index contributed by atoms with van der Waals surface area (Å²) in [5, 5.41) is 10.4. The zero-order valence-electron chi connectivity index (χ0n) is 7.00. The standard InChI is InChI=1S/C10H10Cl2O/c11-8-2-1-3-9(12)10(8)7-4-6(7)5-13/h1-3,6-7,13H,4-5H2. The summed E-state index contributed by atoms with van der Waals surface area (Å²) in [6.45, 7) is 0.228. The van der Waals surface area contributed by atoms with Crippen LogP contribution in [0.15, 0.2) is 18.2 Å². The summed E-state index contributed by atoms with van der Waals surface area (Å²) in [5.74, 6) is 0.726. The summed E-state index contributed by atoms with van der Waals surface area (Å²) in [6.07, 6.45) is 1.000. The molecule has 2 rings (SSSR count). The molecule has 1 aliphatic rings. The van der Waals surface area contributed by atoms with Crippen LogP contribution in [0.5, 0.6) is 0 Å². The summed E-state index contributed by atoms with van der Waals surface area (Å²) in [5.41, 5.74) is 1.00. The molecule has 1 nitrogen and oxygen atoms in total. The van der Waals surface area contributed by atoms with Gasteiger partial charge >= 0.3 is 0 Å². The van der Waals surface area contributed by atoms with Crippen LogP contribution in [0.4, 0.5) is 0 Å². The zero-order valence-corrected chi connectivity index (χ0v) is 8.52. The fourth-order valence-corrected chi connectivity index (χ4v) is 2.35. The van der Waals surface area contributed by atoms with Gasteiger partial charge < -0.3 is 5.11 Å². The molecule has 0 radical (unpaired) electrons. The molecule has 0 aliphatic heterocycles. The quantitative estimate of drug-likeness (QED) is 0.806. The molecule has 1 N–H and O–H groups in total. The Balaban J connectivity index is 2.30. The lowest BCUT2D eigenvalue weighted by Gasteiger charge is -2.04. The van der Waals surface area contributed by atoms with E-state index in [-0.39, 0.29) is 6.61 Å². The molecule has 13 heavy (non-hydrogen) atoms. The molecular formula is C10H10Cl2O. The summed E-state index contributed by atoms with van der Waals surface area (Å²) in [6, 6.07) is 5.52. The fourth-order valence-electron chi connectivity index (χ4n) is 1.67. The first kappa shape index (κ1) is 9.32. The zero-order chi connectivity index (χ0) is 9.42. The molecule has 2 unspecified atom stereocenters. The van der Waals surface area contributed by atoms with E-state index in [1.54, 1.807) is 0 Å². The SMILES string of the molecule is OCC1CC1c1c(Cl)cccc1Cl. The van der Waals surface area contributed by atoms with Crippen molar-refractivity contribution in [3.63, 3.8) is 0 Å². The third-order valence-electron chi connectivity index (χ3n) is 2.53. The molecule has 1 saturated carbocycles. The Hall–Kier alpha value is -0.240. The van der Waals surface area contributed by atoms with Crippen molar-refractivity contribution in [1.82, 2.24) is 0 Å². The van der Waals surface area contributed by atoms with Crippen LogP contribution < -0.4 is 0 Å². The highest BCUT2D eigenvalue weighted by molar-refractivity contribution is 6.36. The summed E-state index contributed by atoms with van der Waals surface area (Å²) in [4.78, 5) is 0. The first-order valence-electron chi connectivity index (χ1n) is 4.28. The Kier molecular flexibility index (Phi) is 2.50. The lowest BCUT2D eigenvalue weighted by atomic mass is 10.1. The number of hydrogen-bond donors (Lipinski definition) is 1. The van der Waals surface area contributed by atoms with E-state index in [4.69, 9.17) is 28.3 Å². The Morgan fingerprint density at radius 2 is 1.92 bits per heavy atom. The van der Waals surface area contributed by atoms with Gasteiger partial charge in [0.15, 0.2) is 0 Å². The summed E-state index contributed by atoms with van der Waals surface area (Å²) < 4.78 is 0. The highest BCUT2D eigenvalue weighted by atomic mass is 35.5. The van der Waals surface area contributed by atoms with Gasteiger partial charge in [-0.3, -0.25) is 0 Å². The van der Waals surface area contributed by atoms with Crippen LogP contribution in [0.1, 0.15) is 17.9 Å². The normalized spacial score (nSPS) is 26.1. The lowest BCUT2D eigenvalue weighted by molar-refractivity contribution is 0.274. The third-order valence-corrected chi connectivity index (χ3v) is 3.19. The predicted molar refractivity (Wildman–Crippen MR) is 54.4 cm³/mol. The third kappa shape index (κ3) is 1.69. The van der Waals surface area contributed by atoms with Gasteiger partial charge in [-0.1, -0.05) is 29.3 Å². The fraction of sp³-hybridized carbons (Fsp3) is 0.400. The van der Waals surface area contributed by atoms with Gasteiger partial charge in [-0.25, -0.2) is 0 Å². The topological polar surface area (TPSA) is 20.2 Å². The average molecular weight is 217 g/mol. The van der Waals surface area contributed by atoms with Crippen LogP contribution in [-0.2, 0) is 0 Å². The van der Waals surface area contributed by atoms with E-state index in [0.29, 0.717) is 21.9 Å². The maximum Gasteiger partial charge on any atom is 0.0465 e. The van der Waals surface area contributed by atoms with Crippen LogP contribution in [0.3, 0.4) is 0 Å². The summed E-state index contributed by atoms with van der Waals surface area (Å²) in [7, 11) is 0. The molecule has 0 aromatic heterocycles. The smallest absolute Gasteiger partial charge is 0.0465 e. The van der Waals surface area contributed by atoms with E-state index < -0.39 is 0 Å². The number of halogens is 2. The largest absolute Gasteiger partial charge is 0.396 e. The van der Waals surface area contributed by atoms with Crippen molar-refractivity contribution in [2.24, 2.45) is 5.92 Å². The highest BCUT2D eigenvalue weighted by Gasteiger charge is 2.39. The number of aliphatic hydroxyl groups excluding tert-OH is 1. The van der Waals surface area contributed by atoms with Crippen molar-refractivity contribution >= 4 is 23.2 Å². The van der Waals surface area contributed by atoms with Crippen LogP contribution in [0, 0.1) is 5.92 Å². The van der Waals surface area contributed by atoms with Crippen molar-refractivity contribution in [2.45, 2.75) is 12.3 Å². The van der Waals surface area contributed by atoms with Crippen molar-refractivity contribution in [2.75, 3.05) is 6.61 Å². The maximum atomic E-state index is 8.93. The Morgan fingerprint density at radius 1 is 1.31 bits per heavy atom. The van der Waals surface area contributed by atoms with Gasteiger partial charge in [0.1, 0.15) is 0 Å². The average Bonchev–Trinajstić information content (AvgIpc) is 2.83.